The zero-order valence-corrected chi connectivity index (χ0v) is 20.0. The minimum absolute atomic E-state index is 0.327. The van der Waals surface area contributed by atoms with Gasteiger partial charge in [-0.3, -0.25) is 9.78 Å². The van der Waals surface area contributed by atoms with Crippen molar-refractivity contribution in [3.8, 4) is 21.9 Å². The average molecular weight is 486 g/mol. The van der Waals surface area contributed by atoms with Crippen molar-refractivity contribution in [3.05, 3.63) is 74.1 Å². The summed E-state index contributed by atoms with van der Waals surface area (Å²) in [6.45, 7) is 3.02. The molecule has 0 bridgehead atoms. The van der Waals surface area contributed by atoms with Crippen LogP contribution in [-0.4, -0.2) is 34.9 Å². The first-order valence-corrected chi connectivity index (χ1v) is 11.8. The Morgan fingerprint density at radius 3 is 2.70 bits per heavy atom. The molecule has 3 aromatic heterocycles. The summed E-state index contributed by atoms with van der Waals surface area (Å²) in [5, 5.41) is 0.579. The second-order valence-electron chi connectivity index (χ2n) is 7.61. The Hall–Kier alpha value is -2.94. The molecule has 7 nitrogen and oxygen atoms in total. The number of aromatic nitrogens is 3. The fraction of sp³-hybridized carbons (Fsp3) is 0.292. The van der Waals surface area contributed by atoms with Crippen LogP contribution in [0.2, 0.25) is 5.02 Å². The fourth-order valence-electron chi connectivity index (χ4n) is 3.61. The number of H-pyrrole nitrogens is 1. The van der Waals surface area contributed by atoms with Gasteiger partial charge in [-0.1, -0.05) is 29.8 Å². The lowest BCUT2D eigenvalue weighted by Crippen LogP contribution is -2.33. The number of halogens is 1. The normalized spacial score (nSPS) is 11.2. The number of aryl methyl sites for hydroxylation is 1. The molecule has 0 saturated heterocycles. The van der Waals surface area contributed by atoms with Gasteiger partial charge in [-0.25, -0.2) is 9.36 Å². The van der Waals surface area contributed by atoms with E-state index in [1.54, 1.807) is 25.4 Å². The van der Waals surface area contributed by atoms with Crippen molar-refractivity contribution < 1.29 is 9.47 Å². The molecule has 0 spiro atoms. The molecule has 0 saturated carbocycles. The van der Waals surface area contributed by atoms with Gasteiger partial charge in [-0.2, -0.15) is 0 Å². The standard InChI is InChI=1S/C24H24ClN3O4S/c1-15-13-26-14-19(21(15)32-11-7-3-6-10-31-2)28-23(29)22-18(27-24(28)30)12-20(33-22)16-8-4-5-9-17(16)25/h4-5,8-9,12-14H,3,6-7,10-11H2,1-2H3,(H,27,30). The minimum Gasteiger partial charge on any atom is -0.491 e. The van der Waals surface area contributed by atoms with E-state index in [9.17, 15) is 9.59 Å². The van der Waals surface area contributed by atoms with Crippen LogP contribution in [0.3, 0.4) is 0 Å². The molecule has 4 rings (SSSR count). The summed E-state index contributed by atoms with van der Waals surface area (Å²) in [5.41, 5.74) is 1.39. The Balaban J connectivity index is 1.73. The first kappa shape index (κ1) is 23.2. The molecule has 0 aliphatic rings. The molecule has 9 heteroatoms. The summed E-state index contributed by atoms with van der Waals surface area (Å²) in [7, 11) is 1.68. The molecule has 4 aromatic rings. The van der Waals surface area contributed by atoms with Crippen LogP contribution >= 0.6 is 22.9 Å². The topological polar surface area (TPSA) is 86.2 Å². The Morgan fingerprint density at radius 1 is 1.12 bits per heavy atom. The molecule has 0 unspecified atom stereocenters. The van der Waals surface area contributed by atoms with E-state index in [4.69, 9.17) is 21.1 Å². The number of unbranched alkanes of at least 4 members (excludes halogenated alkanes) is 2. The summed E-state index contributed by atoms with van der Waals surface area (Å²) < 4.78 is 12.6. The van der Waals surface area contributed by atoms with Crippen LogP contribution in [0.25, 0.3) is 26.3 Å². The molecule has 0 aliphatic carbocycles. The molecule has 0 atom stereocenters. The fourth-order valence-corrected chi connectivity index (χ4v) is 4.98. The predicted octanol–water partition coefficient (Wildman–Crippen LogP) is 4.96. The largest absolute Gasteiger partial charge is 0.491 e. The number of pyridine rings is 1. The van der Waals surface area contributed by atoms with Crippen molar-refractivity contribution in [2.75, 3.05) is 20.3 Å². The van der Waals surface area contributed by atoms with Crippen molar-refractivity contribution in [2.24, 2.45) is 0 Å². The van der Waals surface area contributed by atoms with E-state index in [0.29, 0.717) is 39.9 Å². The SMILES string of the molecule is COCCCCCOc1c(C)cncc1-n1c(=O)[nH]c2cc(-c3ccccc3Cl)sc2c1=O. The third-order valence-electron chi connectivity index (χ3n) is 5.25. The van der Waals surface area contributed by atoms with Gasteiger partial charge in [0.1, 0.15) is 16.1 Å². The smallest absolute Gasteiger partial charge is 0.333 e. The van der Waals surface area contributed by atoms with Gasteiger partial charge >= 0.3 is 5.69 Å². The maximum absolute atomic E-state index is 13.4. The summed E-state index contributed by atoms with van der Waals surface area (Å²) in [6.07, 6.45) is 5.88. The predicted molar refractivity (Wildman–Crippen MR) is 132 cm³/mol. The molecule has 172 valence electrons. The number of nitrogens with one attached hydrogen (secondary N) is 1. The molecular weight excluding hydrogens is 462 g/mol. The average Bonchev–Trinajstić information content (AvgIpc) is 3.22. The van der Waals surface area contributed by atoms with Crippen molar-refractivity contribution in [2.45, 2.75) is 26.2 Å². The van der Waals surface area contributed by atoms with E-state index in [-0.39, 0.29) is 0 Å². The number of aromatic amines is 1. The number of ether oxygens (including phenoxy) is 2. The van der Waals surface area contributed by atoms with Crippen LogP contribution in [0.15, 0.2) is 52.3 Å². The van der Waals surface area contributed by atoms with Crippen LogP contribution in [-0.2, 0) is 4.74 Å². The quantitative estimate of drug-likeness (QED) is 0.339. The summed E-state index contributed by atoms with van der Waals surface area (Å²) in [4.78, 5) is 34.2. The van der Waals surface area contributed by atoms with Crippen LogP contribution in [0.1, 0.15) is 24.8 Å². The van der Waals surface area contributed by atoms with Gasteiger partial charge in [0.05, 0.1) is 18.3 Å². The Bertz CT molecular complexity index is 1390. The lowest BCUT2D eigenvalue weighted by Gasteiger charge is -2.14. The van der Waals surface area contributed by atoms with E-state index >= 15 is 0 Å². The molecule has 3 heterocycles. The van der Waals surface area contributed by atoms with E-state index in [0.717, 1.165) is 39.8 Å². The molecule has 0 aliphatic heterocycles. The van der Waals surface area contributed by atoms with Crippen LogP contribution in [0.4, 0.5) is 0 Å². The summed E-state index contributed by atoms with van der Waals surface area (Å²) in [6, 6.07) is 9.18. The molecular formula is C24H24ClN3O4S. The van der Waals surface area contributed by atoms with E-state index in [2.05, 4.69) is 9.97 Å². The minimum atomic E-state index is -0.548. The third-order valence-corrected chi connectivity index (χ3v) is 6.74. The van der Waals surface area contributed by atoms with Gasteiger partial charge in [0.25, 0.3) is 5.56 Å². The van der Waals surface area contributed by atoms with E-state index < -0.39 is 11.2 Å². The Labute approximate surface area is 199 Å². The molecule has 0 radical (unpaired) electrons. The Kier molecular flexibility index (Phi) is 7.27. The molecule has 1 N–H and O–H groups in total. The number of thiophene rings is 1. The molecule has 1 aromatic carbocycles. The summed E-state index contributed by atoms with van der Waals surface area (Å²) in [5.74, 6) is 0.478. The number of rotatable bonds is 9. The monoisotopic (exact) mass is 485 g/mol. The van der Waals surface area contributed by atoms with E-state index in [1.165, 1.54) is 17.5 Å². The first-order chi connectivity index (χ1) is 16.0. The van der Waals surface area contributed by atoms with Gasteiger partial charge in [-0.05, 0) is 38.3 Å². The molecule has 33 heavy (non-hydrogen) atoms. The zero-order valence-electron chi connectivity index (χ0n) is 18.4. The van der Waals surface area contributed by atoms with Crippen molar-refractivity contribution in [1.29, 1.82) is 0 Å². The number of hydrogen-bond donors (Lipinski definition) is 1. The Morgan fingerprint density at radius 2 is 1.91 bits per heavy atom. The lowest BCUT2D eigenvalue weighted by molar-refractivity contribution is 0.189. The van der Waals surface area contributed by atoms with Crippen LogP contribution in [0.5, 0.6) is 5.75 Å². The molecule has 0 fully saturated rings. The third kappa shape index (κ3) is 4.88. The number of fused-ring (bicyclic) bond motifs is 1. The van der Waals surface area contributed by atoms with Crippen molar-refractivity contribution >= 4 is 33.2 Å². The van der Waals surface area contributed by atoms with Gasteiger partial charge in [0, 0.05) is 40.9 Å². The van der Waals surface area contributed by atoms with Gasteiger partial charge in [0.2, 0.25) is 0 Å². The van der Waals surface area contributed by atoms with Crippen molar-refractivity contribution in [3.63, 3.8) is 0 Å². The first-order valence-electron chi connectivity index (χ1n) is 10.6. The highest BCUT2D eigenvalue weighted by molar-refractivity contribution is 7.22. The second-order valence-corrected chi connectivity index (χ2v) is 9.07. The number of methoxy groups -OCH3 is 1. The number of benzene rings is 1. The number of nitrogens with zero attached hydrogens (tertiary/aromatic N) is 2. The van der Waals surface area contributed by atoms with Gasteiger partial charge in [0.15, 0.2) is 0 Å². The lowest BCUT2D eigenvalue weighted by atomic mass is 10.2. The summed E-state index contributed by atoms with van der Waals surface area (Å²) >= 11 is 7.62. The second kappa shape index (κ2) is 10.3. The van der Waals surface area contributed by atoms with Crippen LogP contribution in [0, 0.1) is 6.92 Å². The number of hydrogen-bond acceptors (Lipinski definition) is 6. The van der Waals surface area contributed by atoms with Crippen molar-refractivity contribution in [1.82, 2.24) is 14.5 Å². The highest BCUT2D eigenvalue weighted by atomic mass is 35.5. The highest BCUT2D eigenvalue weighted by Crippen LogP contribution is 2.35. The van der Waals surface area contributed by atoms with Gasteiger partial charge < -0.3 is 14.5 Å². The maximum Gasteiger partial charge on any atom is 0.333 e. The maximum atomic E-state index is 13.4. The molecule has 0 amide bonds. The zero-order chi connectivity index (χ0) is 23.4. The highest BCUT2D eigenvalue weighted by Gasteiger charge is 2.18. The van der Waals surface area contributed by atoms with E-state index in [1.807, 2.05) is 25.1 Å². The van der Waals surface area contributed by atoms with Gasteiger partial charge in [-0.15, -0.1) is 11.3 Å². The van der Waals surface area contributed by atoms with Crippen LogP contribution < -0.4 is 16.0 Å².